The summed E-state index contributed by atoms with van der Waals surface area (Å²) in [5.74, 6) is 0.381. The molecule has 1 aliphatic rings. The van der Waals surface area contributed by atoms with Crippen LogP contribution in [0.3, 0.4) is 0 Å². The van der Waals surface area contributed by atoms with Crippen LogP contribution in [0.2, 0.25) is 10.0 Å². The average molecular weight is 615 g/mol. The van der Waals surface area contributed by atoms with Crippen LogP contribution in [0.25, 0.3) is 5.69 Å². The molecule has 3 heterocycles. The fourth-order valence-corrected chi connectivity index (χ4v) is 5.88. The highest BCUT2D eigenvalue weighted by Gasteiger charge is 2.42. The van der Waals surface area contributed by atoms with Crippen molar-refractivity contribution in [1.82, 2.24) is 14.9 Å². The summed E-state index contributed by atoms with van der Waals surface area (Å²) in [6.45, 7) is -0.0933. The lowest BCUT2D eigenvalue weighted by Gasteiger charge is -2.29. The van der Waals surface area contributed by atoms with E-state index in [0.29, 0.717) is 26.6 Å². The predicted octanol–water partition coefficient (Wildman–Crippen LogP) is 7.37. The van der Waals surface area contributed by atoms with Gasteiger partial charge in [-0.05, 0) is 91.1 Å². The van der Waals surface area contributed by atoms with Crippen molar-refractivity contribution in [3.8, 4) is 11.4 Å². The van der Waals surface area contributed by atoms with Crippen molar-refractivity contribution >= 4 is 57.8 Å². The van der Waals surface area contributed by atoms with Crippen molar-refractivity contribution in [3.05, 3.63) is 137 Å². The van der Waals surface area contributed by atoms with Gasteiger partial charge >= 0.3 is 0 Å². The van der Waals surface area contributed by atoms with Gasteiger partial charge in [-0.15, -0.1) is 0 Å². The van der Waals surface area contributed by atoms with E-state index >= 15 is 0 Å². The van der Waals surface area contributed by atoms with Crippen LogP contribution in [0.1, 0.15) is 23.5 Å². The molecule has 1 fully saturated rings. The number of para-hydroxylation sites is 1. The first-order valence-electron chi connectivity index (χ1n) is 13.2. The summed E-state index contributed by atoms with van der Waals surface area (Å²) in [4.78, 5) is 19.2. The van der Waals surface area contributed by atoms with Gasteiger partial charge in [-0.1, -0.05) is 47.5 Å². The van der Waals surface area contributed by atoms with Crippen LogP contribution in [0.15, 0.2) is 116 Å². The number of aromatic nitrogens is 2. The molecule has 1 aliphatic heterocycles. The van der Waals surface area contributed by atoms with Gasteiger partial charge in [-0.25, -0.2) is 0 Å². The van der Waals surface area contributed by atoms with Crippen molar-refractivity contribution in [1.29, 1.82) is 0 Å². The number of rotatable bonds is 8. The average Bonchev–Trinajstić information content (AvgIpc) is 3.62. The van der Waals surface area contributed by atoms with E-state index < -0.39 is 0 Å². The Kier molecular flexibility index (Phi) is 8.10. The molecule has 0 aliphatic carbocycles. The van der Waals surface area contributed by atoms with E-state index in [9.17, 15) is 4.79 Å². The molecule has 2 atom stereocenters. The number of benzene rings is 3. The fourth-order valence-electron chi connectivity index (χ4n) is 5.03. The standard InChI is InChI=1S/C32H25Cl2N5O2S/c33-21-11-16-27(25(34)19-21)38-18-6-10-28(38)31-30(26-9-4-5-17-35-26)37-32(42)39(31)23-14-12-22(13-15-23)36-29(40)20-41-24-7-2-1-3-8-24/h1-19,30-31H,20H2,(H,36,40)(H,37,42)/t30-,31-/m0/s1. The number of nitrogens with one attached hydrogen (secondary N) is 2. The molecule has 2 N–H and O–H groups in total. The highest BCUT2D eigenvalue weighted by molar-refractivity contribution is 7.80. The molecule has 0 radical (unpaired) electrons. The summed E-state index contributed by atoms with van der Waals surface area (Å²) in [5, 5.41) is 8.02. The van der Waals surface area contributed by atoms with Gasteiger partial charge in [0, 0.05) is 34.5 Å². The van der Waals surface area contributed by atoms with Crippen LogP contribution in [0.4, 0.5) is 11.4 Å². The highest BCUT2D eigenvalue weighted by Crippen LogP contribution is 2.43. The van der Waals surface area contributed by atoms with E-state index in [-0.39, 0.29) is 24.6 Å². The molecule has 6 rings (SSSR count). The number of carbonyl (C=O) groups excluding carboxylic acids is 1. The lowest BCUT2D eigenvalue weighted by atomic mass is 10.0. The molecule has 42 heavy (non-hydrogen) atoms. The zero-order valence-corrected chi connectivity index (χ0v) is 24.5. The van der Waals surface area contributed by atoms with E-state index in [0.717, 1.165) is 22.8 Å². The van der Waals surface area contributed by atoms with E-state index in [1.54, 1.807) is 24.4 Å². The summed E-state index contributed by atoms with van der Waals surface area (Å²) in [6.07, 6.45) is 3.74. The van der Waals surface area contributed by atoms with Crippen molar-refractivity contribution < 1.29 is 9.53 Å². The monoisotopic (exact) mass is 613 g/mol. The summed E-state index contributed by atoms with van der Waals surface area (Å²) in [6, 6.07) is 31.6. The Morgan fingerprint density at radius 1 is 0.952 bits per heavy atom. The minimum absolute atomic E-state index is 0.0933. The maximum Gasteiger partial charge on any atom is 0.262 e. The minimum atomic E-state index is -0.270. The Hall–Kier alpha value is -4.37. The van der Waals surface area contributed by atoms with Gasteiger partial charge in [0.15, 0.2) is 11.7 Å². The molecule has 0 spiro atoms. The number of carbonyl (C=O) groups is 1. The Labute approximate surface area is 258 Å². The number of nitrogens with zero attached hydrogens (tertiary/aromatic N) is 3. The first kappa shape index (κ1) is 27.8. The van der Waals surface area contributed by atoms with Gasteiger partial charge in [0.2, 0.25) is 0 Å². The SMILES string of the molecule is O=C(COc1ccccc1)Nc1ccc(N2C(=S)N[C@@H](c3ccccn3)[C@@H]2c2cccn2-c2ccc(Cl)cc2Cl)cc1. The van der Waals surface area contributed by atoms with Crippen LogP contribution in [0.5, 0.6) is 5.75 Å². The third kappa shape index (κ3) is 5.83. The molecule has 0 saturated carbocycles. The Morgan fingerprint density at radius 2 is 1.74 bits per heavy atom. The Bertz CT molecular complexity index is 1710. The molecular weight excluding hydrogens is 589 g/mol. The molecule has 7 nitrogen and oxygen atoms in total. The van der Waals surface area contributed by atoms with E-state index in [1.807, 2.05) is 89.6 Å². The minimum Gasteiger partial charge on any atom is -0.484 e. The second kappa shape index (κ2) is 12.2. The van der Waals surface area contributed by atoms with Crippen LogP contribution < -0.4 is 20.3 Å². The second-order valence-electron chi connectivity index (χ2n) is 9.59. The predicted molar refractivity (Wildman–Crippen MR) is 171 cm³/mol. The van der Waals surface area contributed by atoms with Crippen LogP contribution >= 0.6 is 35.4 Å². The van der Waals surface area contributed by atoms with Crippen molar-refractivity contribution in [2.45, 2.75) is 12.1 Å². The molecule has 2 aromatic heterocycles. The largest absolute Gasteiger partial charge is 0.484 e. The zero-order chi connectivity index (χ0) is 29.1. The number of ether oxygens (including phenoxy) is 1. The van der Waals surface area contributed by atoms with Gasteiger partial charge in [0.25, 0.3) is 5.91 Å². The number of hydrogen-bond donors (Lipinski definition) is 2. The number of hydrogen-bond acceptors (Lipinski definition) is 4. The van der Waals surface area contributed by atoms with Gasteiger partial charge in [-0.3, -0.25) is 9.78 Å². The van der Waals surface area contributed by atoms with Gasteiger partial charge in [0.05, 0.1) is 22.4 Å². The lowest BCUT2D eigenvalue weighted by molar-refractivity contribution is -0.118. The Balaban J connectivity index is 1.30. The molecule has 10 heteroatoms. The second-order valence-corrected chi connectivity index (χ2v) is 10.8. The first-order valence-corrected chi connectivity index (χ1v) is 14.4. The van der Waals surface area contributed by atoms with Gasteiger partial charge < -0.3 is 24.8 Å². The number of amides is 1. The van der Waals surface area contributed by atoms with Crippen LogP contribution in [0, 0.1) is 0 Å². The van der Waals surface area contributed by atoms with E-state index in [2.05, 4.69) is 26.6 Å². The normalized spacial score (nSPS) is 16.2. The van der Waals surface area contributed by atoms with Crippen LogP contribution in [-0.2, 0) is 4.79 Å². The maximum atomic E-state index is 12.5. The van der Waals surface area contributed by atoms with Gasteiger partial charge in [0.1, 0.15) is 11.8 Å². The van der Waals surface area contributed by atoms with Crippen molar-refractivity contribution in [2.75, 3.05) is 16.8 Å². The van der Waals surface area contributed by atoms with Crippen LogP contribution in [-0.4, -0.2) is 27.2 Å². The lowest BCUT2D eigenvalue weighted by Crippen LogP contribution is -2.30. The van der Waals surface area contributed by atoms with E-state index in [1.165, 1.54) is 0 Å². The molecule has 210 valence electrons. The number of thiocarbonyl (C=S) groups is 1. The molecule has 0 unspecified atom stereocenters. The number of pyridine rings is 1. The quantitative estimate of drug-likeness (QED) is 0.178. The summed E-state index contributed by atoms with van der Waals surface area (Å²) < 4.78 is 7.61. The number of anilines is 2. The van der Waals surface area contributed by atoms with E-state index in [4.69, 9.17) is 40.2 Å². The topological polar surface area (TPSA) is 71.4 Å². The summed E-state index contributed by atoms with van der Waals surface area (Å²) in [7, 11) is 0. The molecule has 1 saturated heterocycles. The van der Waals surface area contributed by atoms with Gasteiger partial charge in [-0.2, -0.15) is 0 Å². The maximum absolute atomic E-state index is 12.5. The van der Waals surface area contributed by atoms with Crippen molar-refractivity contribution in [2.24, 2.45) is 0 Å². The third-order valence-electron chi connectivity index (χ3n) is 6.89. The molecule has 0 bridgehead atoms. The highest BCUT2D eigenvalue weighted by atomic mass is 35.5. The summed E-state index contributed by atoms with van der Waals surface area (Å²) in [5.41, 5.74) is 4.11. The van der Waals surface area contributed by atoms with Crippen molar-refractivity contribution in [3.63, 3.8) is 0 Å². The summed E-state index contributed by atoms with van der Waals surface area (Å²) >= 11 is 18.7. The number of halogens is 2. The molecular formula is C32H25Cl2N5O2S. The fraction of sp³-hybridized carbons (Fsp3) is 0.0938. The smallest absolute Gasteiger partial charge is 0.262 e. The molecule has 1 amide bonds. The molecule has 3 aromatic carbocycles. The Morgan fingerprint density at radius 3 is 2.48 bits per heavy atom. The molecule has 5 aromatic rings. The zero-order valence-electron chi connectivity index (χ0n) is 22.2. The first-order chi connectivity index (χ1) is 20.5. The third-order valence-corrected chi connectivity index (χ3v) is 7.75.